The molecule has 0 aliphatic carbocycles. The third-order valence-electron chi connectivity index (χ3n) is 2.44. The van der Waals surface area contributed by atoms with Crippen LogP contribution in [0.1, 0.15) is 6.42 Å². The van der Waals surface area contributed by atoms with Gasteiger partial charge in [-0.05, 0) is 12.5 Å². The molecule has 7 heteroatoms. The molecule has 2 aromatic rings. The highest BCUT2D eigenvalue weighted by Crippen LogP contribution is 2.25. The number of nitrogens with one attached hydrogen (secondary N) is 1. The second-order valence-corrected chi connectivity index (χ2v) is 4.21. The van der Waals surface area contributed by atoms with Gasteiger partial charge in [0.2, 0.25) is 0 Å². The topological polar surface area (TPSA) is 68.8 Å². The molecule has 18 heavy (non-hydrogen) atoms. The molecule has 0 radical (unpaired) electrons. The maximum Gasteiger partial charge on any atom is 0.143 e. The fraction of sp³-hybridized carbons (Fsp3) is 0.273. The molecule has 5 nitrogen and oxygen atoms in total. The molecule has 2 rings (SSSR count). The van der Waals surface area contributed by atoms with Gasteiger partial charge in [0.15, 0.2) is 0 Å². The Morgan fingerprint density at radius 3 is 3.00 bits per heavy atom. The average molecular weight is 270 g/mol. The minimum Gasteiger partial charge on any atom is -0.397 e. The van der Waals surface area contributed by atoms with Crippen LogP contribution in [0, 0.1) is 5.82 Å². The molecule has 0 unspecified atom stereocenters. The molecule has 0 atom stereocenters. The van der Waals surface area contributed by atoms with E-state index >= 15 is 0 Å². The second-order valence-electron chi connectivity index (χ2n) is 3.80. The second kappa shape index (κ2) is 5.68. The van der Waals surface area contributed by atoms with Crippen molar-refractivity contribution >= 4 is 23.0 Å². The third-order valence-corrected chi connectivity index (χ3v) is 2.73. The maximum absolute atomic E-state index is 13.2. The van der Waals surface area contributed by atoms with Crippen LogP contribution >= 0.6 is 11.6 Å². The van der Waals surface area contributed by atoms with Gasteiger partial charge in [-0.25, -0.2) is 4.39 Å². The Kier molecular flexibility index (Phi) is 3.99. The Bertz CT molecular complexity index is 514. The van der Waals surface area contributed by atoms with Gasteiger partial charge in [0.25, 0.3) is 0 Å². The minimum absolute atomic E-state index is 0.0284. The van der Waals surface area contributed by atoms with Crippen molar-refractivity contribution in [1.82, 2.24) is 15.0 Å². The number of anilines is 2. The predicted molar refractivity (Wildman–Crippen MR) is 69.0 cm³/mol. The molecule has 96 valence electrons. The number of aryl methyl sites for hydroxylation is 1. The molecule has 0 saturated heterocycles. The highest BCUT2D eigenvalue weighted by Gasteiger charge is 2.05. The average Bonchev–Trinajstić information content (AvgIpc) is 2.84. The largest absolute Gasteiger partial charge is 0.397 e. The standard InChI is InChI=1S/C11H13ClFN5/c12-8-6-10(14)11(7-9(8)13)15-2-1-4-18-5-3-16-17-18/h3,5-7,15H,1-2,4,14H2. The smallest absolute Gasteiger partial charge is 0.143 e. The molecule has 0 aliphatic heterocycles. The van der Waals surface area contributed by atoms with Crippen molar-refractivity contribution in [2.75, 3.05) is 17.6 Å². The molecule has 1 heterocycles. The fourth-order valence-electron chi connectivity index (χ4n) is 1.53. The highest BCUT2D eigenvalue weighted by molar-refractivity contribution is 6.31. The van der Waals surface area contributed by atoms with Crippen molar-refractivity contribution in [1.29, 1.82) is 0 Å². The van der Waals surface area contributed by atoms with Crippen LogP contribution in [0.5, 0.6) is 0 Å². The van der Waals surface area contributed by atoms with Gasteiger partial charge in [0.05, 0.1) is 22.6 Å². The zero-order chi connectivity index (χ0) is 13.0. The number of nitrogen functional groups attached to an aromatic ring is 1. The van der Waals surface area contributed by atoms with E-state index < -0.39 is 5.82 Å². The number of rotatable bonds is 5. The lowest BCUT2D eigenvalue weighted by Crippen LogP contribution is -2.09. The summed E-state index contributed by atoms with van der Waals surface area (Å²) in [5, 5.41) is 10.6. The van der Waals surface area contributed by atoms with Crippen LogP contribution in [0.15, 0.2) is 24.5 Å². The summed E-state index contributed by atoms with van der Waals surface area (Å²) in [6, 6.07) is 2.70. The molecule has 3 N–H and O–H groups in total. The molecular formula is C11H13ClFN5. The summed E-state index contributed by atoms with van der Waals surface area (Å²) >= 11 is 5.61. The first kappa shape index (κ1) is 12.6. The van der Waals surface area contributed by atoms with Gasteiger partial charge >= 0.3 is 0 Å². The first-order chi connectivity index (χ1) is 8.66. The zero-order valence-electron chi connectivity index (χ0n) is 9.61. The number of nitrogens with two attached hydrogens (primary N) is 1. The van der Waals surface area contributed by atoms with Crippen molar-refractivity contribution in [3.63, 3.8) is 0 Å². The molecule has 0 bridgehead atoms. The van der Waals surface area contributed by atoms with Crippen LogP contribution in [0.4, 0.5) is 15.8 Å². The predicted octanol–water partition coefficient (Wildman–Crippen LogP) is 2.16. The Balaban J connectivity index is 1.85. The molecule has 0 fully saturated rings. The van der Waals surface area contributed by atoms with E-state index in [0.29, 0.717) is 17.9 Å². The Morgan fingerprint density at radius 1 is 1.44 bits per heavy atom. The number of aromatic nitrogens is 3. The van der Waals surface area contributed by atoms with E-state index in [-0.39, 0.29) is 5.02 Å². The summed E-state index contributed by atoms with van der Waals surface area (Å²) in [5.41, 5.74) is 6.71. The zero-order valence-corrected chi connectivity index (χ0v) is 10.4. The highest BCUT2D eigenvalue weighted by atomic mass is 35.5. The lowest BCUT2D eigenvalue weighted by atomic mass is 10.2. The van der Waals surface area contributed by atoms with Crippen molar-refractivity contribution in [3.8, 4) is 0 Å². The molecule has 0 amide bonds. The molecule has 0 spiro atoms. The first-order valence-electron chi connectivity index (χ1n) is 5.49. The number of hydrogen-bond acceptors (Lipinski definition) is 4. The van der Waals surface area contributed by atoms with Crippen LogP contribution in [0.2, 0.25) is 5.02 Å². The first-order valence-corrected chi connectivity index (χ1v) is 5.87. The van der Waals surface area contributed by atoms with E-state index in [9.17, 15) is 4.39 Å². The van der Waals surface area contributed by atoms with Crippen LogP contribution < -0.4 is 11.1 Å². The van der Waals surface area contributed by atoms with Gasteiger partial charge in [0, 0.05) is 25.4 Å². The summed E-state index contributed by atoms with van der Waals surface area (Å²) in [7, 11) is 0. The third kappa shape index (κ3) is 3.10. The van der Waals surface area contributed by atoms with Crippen LogP contribution in [0.25, 0.3) is 0 Å². The van der Waals surface area contributed by atoms with Gasteiger partial charge in [-0.2, -0.15) is 0 Å². The summed E-state index contributed by atoms with van der Waals surface area (Å²) in [5.74, 6) is -0.482. The normalized spacial score (nSPS) is 10.6. The van der Waals surface area contributed by atoms with E-state index in [1.165, 1.54) is 12.1 Å². The molecule has 1 aromatic carbocycles. The Morgan fingerprint density at radius 2 is 2.28 bits per heavy atom. The number of nitrogens with zero attached hydrogens (tertiary/aromatic N) is 3. The van der Waals surface area contributed by atoms with Crippen LogP contribution in [0.3, 0.4) is 0 Å². The van der Waals surface area contributed by atoms with Gasteiger partial charge in [-0.15, -0.1) is 5.10 Å². The van der Waals surface area contributed by atoms with Crippen molar-refractivity contribution in [2.24, 2.45) is 0 Å². The number of halogens is 2. The fourth-order valence-corrected chi connectivity index (χ4v) is 1.70. The van der Waals surface area contributed by atoms with Crippen molar-refractivity contribution in [3.05, 3.63) is 35.4 Å². The summed E-state index contributed by atoms with van der Waals surface area (Å²) in [6.07, 6.45) is 4.24. The lowest BCUT2D eigenvalue weighted by molar-refractivity contribution is 0.569. The van der Waals surface area contributed by atoms with E-state index in [0.717, 1.165) is 13.0 Å². The van der Waals surface area contributed by atoms with Crippen molar-refractivity contribution in [2.45, 2.75) is 13.0 Å². The summed E-state index contributed by atoms with van der Waals surface area (Å²) < 4.78 is 15.0. The number of hydrogen-bond donors (Lipinski definition) is 2. The Hall–Kier alpha value is -1.82. The molecule has 1 aromatic heterocycles. The maximum atomic E-state index is 13.2. The quantitative estimate of drug-likeness (QED) is 0.645. The van der Waals surface area contributed by atoms with Gasteiger partial charge < -0.3 is 11.1 Å². The van der Waals surface area contributed by atoms with E-state index in [4.69, 9.17) is 17.3 Å². The van der Waals surface area contributed by atoms with Crippen LogP contribution in [-0.2, 0) is 6.54 Å². The summed E-state index contributed by atoms with van der Waals surface area (Å²) in [6.45, 7) is 1.40. The molecule has 0 aliphatic rings. The van der Waals surface area contributed by atoms with Crippen LogP contribution in [-0.4, -0.2) is 21.5 Å². The van der Waals surface area contributed by atoms with Gasteiger partial charge in [0.1, 0.15) is 5.82 Å². The van der Waals surface area contributed by atoms with E-state index in [1.807, 2.05) is 0 Å². The SMILES string of the molecule is Nc1cc(Cl)c(F)cc1NCCCn1ccnn1. The summed E-state index contributed by atoms with van der Waals surface area (Å²) in [4.78, 5) is 0. The van der Waals surface area contributed by atoms with Gasteiger partial charge in [-0.1, -0.05) is 16.8 Å². The minimum atomic E-state index is -0.482. The van der Waals surface area contributed by atoms with Crippen molar-refractivity contribution < 1.29 is 4.39 Å². The molecular weight excluding hydrogens is 257 g/mol. The van der Waals surface area contributed by atoms with E-state index in [2.05, 4.69) is 15.6 Å². The number of benzene rings is 1. The Labute approximate surface area is 109 Å². The lowest BCUT2D eigenvalue weighted by Gasteiger charge is -2.10. The van der Waals surface area contributed by atoms with Gasteiger partial charge in [-0.3, -0.25) is 4.68 Å². The molecule has 0 saturated carbocycles. The van der Waals surface area contributed by atoms with E-state index in [1.54, 1.807) is 17.1 Å². The monoisotopic (exact) mass is 269 g/mol.